The molecule has 0 radical (unpaired) electrons. The highest BCUT2D eigenvalue weighted by Gasteiger charge is 2.46. The number of amides is 2. The molecule has 1 saturated heterocycles. The van der Waals surface area contributed by atoms with Crippen LogP contribution in [0.3, 0.4) is 0 Å². The maximum atomic E-state index is 12.8. The molecule has 5 heteroatoms. The van der Waals surface area contributed by atoms with Crippen LogP contribution in [0, 0.1) is 5.92 Å². The summed E-state index contributed by atoms with van der Waals surface area (Å²) < 4.78 is 5.22. The van der Waals surface area contributed by atoms with E-state index in [1.54, 1.807) is 12.0 Å². The molecule has 112 valence electrons. The number of methoxy groups -OCH3 is 1. The van der Waals surface area contributed by atoms with Gasteiger partial charge in [-0.3, -0.25) is 14.5 Å². The third-order valence-electron chi connectivity index (χ3n) is 4.23. The Labute approximate surface area is 124 Å². The molecular formula is C16H20N2O3. The zero-order valence-corrected chi connectivity index (χ0v) is 12.3. The van der Waals surface area contributed by atoms with E-state index in [-0.39, 0.29) is 17.9 Å². The van der Waals surface area contributed by atoms with E-state index in [4.69, 9.17) is 4.74 Å². The number of piperazine rings is 1. The first-order valence-electron chi connectivity index (χ1n) is 7.43. The molecule has 1 aliphatic heterocycles. The molecule has 2 fully saturated rings. The number of hydrogen-bond donors (Lipinski definition) is 1. The van der Waals surface area contributed by atoms with Gasteiger partial charge in [-0.15, -0.1) is 0 Å². The average Bonchev–Trinajstić information content (AvgIpc) is 3.33. The van der Waals surface area contributed by atoms with Gasteiger partial charge in [0.25, 0.3) is 5.91 Å². The first kappa shape index (κ1) is 13.9. The lowest BCUT2D eigenvalue weighted by Gasteiger charge is -2.38. The maximum absolute atomic E-state index is 12.8. The molecule has 0 spiro atoms. The third-order valence-corrected chi connectivity index (χ3v) is 4.23. The summed E-state index contributed by atoms with van der Waals surface area (Å²) in [4.78, 5) is 26.8. The van der Waals surface area contributed by atoms with E-state index in [1.807, 2.05) is 31.2 Å². The van der Waals surface area contributed by atoms with Gasteiger partial charge < -0.3 is 10.1 Å². The zero-order chi connectivity index (χ0) is 15.0. The number of nitrogens with zero attached hydrogens (tertiary/aromatic N) is 1. The molecular weight excluding hydrogens is 268 g/mol. The van der Waals surface area contributed by atoms with Crippen LogP contribution in [0.25, 0.3) is 0 Å². The van der Waals surface area contributed by atoms with E-state index < -0.39 is 6.04 Å². The van der Waals surface area contributed by atoms with Crippen molar-refractivity contribution < 1.29 is 14.3 Å². The van der Waals surface area contributed by atoms with Crippen LogP contribution in [0.4, 0.5) is 5.69 Å². The Bertz CT molecular complexity index is 568. The van der Waals surface area contributed by atoms with E-state index in [0.717, 1.165) is 18.5 Å². The summed E-state index contributed by atoms with van der Waals surface area (Å²) in [7, 11) is 1.59. The molecule has 3 rings (SSSR count). The van der Waals surface area contributed by atoms with E-state index in [9.17, 15) is 9.59 Å². The van der Waals surface area contributed by atoms with E-state index in [0.29, 0.717) is 18.1 Å². The van der Waals surface area contributed by atoms with E-state index >= 15 is 0 Å². The fourth-order valence-electron chi connectivity index (χ4n) is 2.92. The minimum absolute atomic E-state index is 0.00259. The van der Waals surface area contributed by atoms with Crippen LogP contribution in [-0.2, 0) is 9.59 Å². The standard InChI is InChI=1S/C16H20N2O3/c1-3-13-15(19)17-14(10-7-8-10)16(20)18(13)11-5-4-6-12(9-11)21-2/h4-6,9-10,13-14H,3,7-8H2,1-2H3,(H,17,19). The lowest BCUT2D eigenvalue weighted by molar-refractivity contribution is -0.134. The van der Waals surface area contributed by atoms with Crippen molar-refractivity contribution in [2.24, 2.45) is 5.92 Å². The highest BCUT2D eigenvalue weighted by Crippen LogP contribution is 2.37. The van der Waals surface area contributed by atoms with E-state index in [1.165, 1.54) is 0 Å². The number of rotatable bonds is 4. The van der Waals surface area contributed by atoms with Gasteiger partial charge in [-0.05, 0) is 37.3 Å². The van der Waals surface area contributed by atoms with Gasteiger partial charge in [0.1, 0.15) is 17.8 Å². The predicted octanol–water partition coefficient (Wildman–Crippen LogP) is 1.72. The van der Waals surface area contributed by atoms with Crippen molar-refractivity contribution in [2.75, 3.05) is 12.0 Å². The van der Waals surface area contributed by atoms with Gasteiger partial charge in [-0.1, -0.05) is 13.0 Å². The van der Waals surface area contributed by atoms with Crippen molar-refractivity contribution in [3.63, 3.8) is 0 Å². The largest absolute Gasteiger partial charge is 0.497 e. The summed E-state index contributed by atoms with van der Waals surface area (Å²) in [6.07, 6.45) is 2.62. The van der Waals surface area contributed by atoms with Gasteiger partial charge in [-0.25, -0.2) is 0 Å². The number of carbonyl (C=O) groups excluding carboxylic acids is 2. The van der Waals surface area contributed by atoms with Crippen LogP contribution >= 0.6 is 0 Å². The summed E-state index contributed by atoms with van der Waals surface area (Å²) >= 11 is 0. The molecule has 2 amide bonds. The number of carbonyl (C=O) groups is 2. The number of hydrogen-bond acceptors (Lipinski definition) is 3. The average molecular weight is 288 g/mol. The molecule has 1 aromatic carbocycles. The Kier molecular flexibility index (Phi) is 3.57. The first-order chi connectivity index (χ1) is 10.2. The zero-order valence-electron chi connectivity index (χ0n) is 12.3. The minimum Gasteiger partial charge on any atom is -0.497 e. The minimum atomic E-state index is -0.445. The number of nitrogens with one attached hydrogen (secondary N) is 1. The van der Waals surface area contributed by atoms with Crippen molar-refractivity contribution in [3.8, 4) is 5.75 Å². The summed E-state index contributed by atoms with van der Waals surface area (Å²) in [6, 6.07) is 6.52. The quantitative estimate of drug-likeness (QED) is 0.917. The normalized spacial score (nSPS) is 25.7. The predicted molar refractivity (Wildman–Crippen MR) is 79.2 cm³/mol. The van der Waals surface area contributed by atoms with Gasteiger partial charge in [-0.2, -0.15) is 0 Å². The molecule has 2 aliphatic rings. The van der Waals surface area contributed by atoms with Crippen molar-refractivity contribution in [3.05, 3.63) is 24.3 Å². The van der Waals surface area contributed by atoms with Crippen molar-refractivity contribution in [1.82, 2.24) is 5.32 Å². The lowest BCUT2D eigenvalue weighted by atomic mass is 10.0. The second kappa shape index (κ2) is 5.39. The summed E-state index contributed by atoms with van der Waals surface area (Å²) in [5.41, 5.74) is 0.728. The van der Waals surface area contributed by atoms with Gasteiger partial charge in [0, 0.05) is 11.8 Å². The Balaban J connectivity index is 1.97. The number of anilines is 1. The smallest absolute Gasteiger partial charge is 0.250 e. The molecule has 21 heavy (non-hydrogen) atoms. The molecule has 1 heterocycles. The summed E-state index contributed by atoms with van der Waals surface area (Å²) in [6.45, 7) is 1.92. The van der Waals surface area contributed by atoms with Crippen molar-refractivity contribution in [2.45, 2.75) is 38.3 Å². The van der Waals surface area contributed by atoms with Crippen LogP contribution in [0.15, 0.2) is 24.3 Å². The van der Waals surface area contributed by atoms with E-state index in [2.05, 4.69) is 5.32 Å². The highest BCUT2D eigenvalue weighted by molar-refractivity contribution is 6.08. The van der Waals surface area contributed by atoms with Crippen LogP contribution < -0.4 is 15.0 Å². The number of benzene rings is 1. The molecule has 1 N–H and O–H groups in total. The summed E-state index contributed by atoms with van der Waals surface area (Å²) in [5, 5.41) is 2.90. The lowest BCUT2D eigenvalue weighted by Crippen LogP contribution is -2.64. The van der Waals surface area contributed by atoms with Gasteiger partial charge in [0.15, 0.2) is 0 Å². The third kappa shape index (κ3) is 2.48. The molecule has 1 saturated carbocycles. The van der Waals surface area contributed by atoms with Crippen LogP contribution in [0.5, 0.6) is 5.75 Å². The second-order valence-electron chi connectivity index (χ2n) is 5.66. The Hall–Kier alpha value is -2.04. The van der Waals surface area contributed by atoms with Crippen molar-refractivity contribution >= 4 is 17.5 Å². The Morgan fingerprint density at radius 2 is 2.10 bits per heavy atom. The monoisotopic (exact) mass is 288 g/mol. The molecule has 0 aromatic heterocycles. The van der Waals surface area contributed by atoms with Crippen molar-refractivity contribution in [1.29, 1.82) is 0 Å². The van der Waals surface area contributed by atoms with Gasteiger partial charge in [0.2, 0.25) is 5.91 Å². The number of ether oxygens (including phenoxy) is 1. The molecule has 5 nitrogen and oxygen atoms in total. The molecule has 0 bridgehead atoms. The second-order valence-corrected chi connectivity index (χ2v) is 5.66. The Morgan fingerprint density at radius 3 is 2.71 bits per heavy atom. The maximum Gasteiger partial charge on any atom is 0.250 e. The first-order valence-corrected chi connectivity index (χ1v) is 7.43. The van der Waals surface area contributed by atoms with Gasteiger partial charge in [0.05, 0.1) is 7.11 Å². The topological polar surface area (TPSA) is 58.6 Å². The molecule has 1 aromatic rings. The molecule has 2 unspecified atom stereocenters. The van der Waals surface area contributed by atoms with Crippen LogP contribution in [0.2, 0.25) is 0 Å². The highest BCUT2D eigenvalue weighted by atomic mass is 16.5. The fraction of sp³-hybridized carbons (Fsp3) is 0.500. The fourth-order valence-corrected chi connectivity index (χ4v) is 2.92. The van der Waals surface area contributed by atoms with Crippen LogP contribution in [0.1, 0.15) is 26.2 Å². The Morgan fingerprint density at radius 1 is 1.33 bits per heavy atom. The van der Waals surface area contributed by atoms with Gasteiger partial charge >= 0.3 is 0 Å². The SMILES string of the molecule is CCC1C(=O)NC(C2CC2)C(=O)N1c1cccc(OC)c1. The molecule has 2 atom stereocenters. The summed E-state index contributed by atoms with van der Waals surface area (Å²) in [5.74, 6) is 0.922. The molecule has 1 aliphatic carbocycles. The van der Waals surface area contributed by atoms with Crippen LogP contribution in [-0.4, -0.2) is 31.0 Å².